The van der Waals surface area contributed by atoms with E-state index in [0.29, 0.717) is 46.0 Å². The Kier molecular flexibility index (Phi) is 15.8. The Morgan fingerprint density at radius 3 is 0.568 bits per heavy atom. The molecule has 0 aliphatic heterocycles. The van der Waals surface area contributed by atoms with Crippen molar-refractivity contribution < 1.29 is 39.4 Å². The summed E-state index contributed by atoms with van der Waals surface area (Å²) < 4.78 is 28.2. The van der Waals surface area contributed by atoms with Crippen LogP contribution in [0, 0.1) is 83.1 Å². The Hall–Kier alpha value is -7.84. The third-order valence-electron chi connectivity index (χ3n) is 18.2. The first-order valence-corrected chi connectivity index (χ1v) is 28.1. The second kappa shape index (κ2) is 21.6. The maximum atomic E-state index is 10.8. The highest BCUT2D eigenvalue weighted by Crippen LogP contribution is 2.45. The van der Waals surface area contributed by atoms with Gasteiger partial charge in [-0.3, -0.25) is 0 Å². The predicted octanol–water partition coefficient (Wildman–Crippen LogP) is 17.7. The lowest BCUT2D eigenvalue weighted by molar-refractivity contribution is -0.367. The minimum absolute atomic E-state index is 0.315. The van der Waals surface area contributed by atoms with Crippen molar-refractivity contribution in [2.24, 2.45) is 0 Å². The van der Waals surface area contributed by atoms with Crippen molar-refractivity contribution in [1.82, 2.24) is 0 Å². The molecular formula is C73H84O8. The van der Waals surface area contributed by atoms with Gasteiger partial charge in [-0.1, -0.05) is 128 Å². The van der Waals surface area contributed by atoms with E-state index in [9.17, 15) is 20.4 Å². The topological polar surface area (TPSA) is 118 Å². The van der Waals surface area contributed by atoms with Gasteiger partial charge in [0.05, 0.1) is 0 Å². The Morgan fingerprint density at radius 2 is 0.407 bits per heavy atom. The molecule has 8 nitrogen and oxygen atoms in total. The molecule has 0 atom stereocenters. The normalized spacial score (nSPS) is 12.4. The van der Waals surface area contributed by atoms with Crippen LogP contribution in [0.2, 0.25) is 0 Å². The molecule has 8 aromatic rings. The van der Waals surface area contributed by atoms with Crippen LogP contribution in [0.4, 0.5) is 0 Å². The quantitative estimate of drug-likeness (QED) is 0.0707. The van der Waals surface area contributed by atoms with Crippen LogP contribution in [0.3, 0.4) is 0 Å². The lowest BCUT2D eigenvalue weighted by atomic mass is 9.75. The van der Waals surface area contributed by atoms with Gasteiger partial charge >= 0.3 is 6.16 Å². The van der Waals surface area contributed by atoms with Gasteiger partial charge in [0.25, 0.3) is 0 Å². The molecule has 8 rings (SSSR count). The van der Waals surface area contributed by atoms with E-state index >= 15 is 0 Å². The summed E-state index contributed by atoms with van der Waals surface area (Å²) in [6, 6.07) is 39.8. The Morgan fingerprint density at radius 1 is 0.247 bits per heavy atom. The summed E-state index contributed by atoms with van der Waals surface area (Å²) >= 11 is 0. The van der Waals surface area contributed by atoms with Crippen molar-refractivity contribution in [3.05, 3.63) is 233 Å². The number of rotatable bonds is 16. The molecule has 424 valence electrons. The molecule has 0 unspecified atom stereocenters. The number of phenols is 4. The molecule has 0 aliphatic rings. The zero-order chi connectivity index (χ0) is 59.6. The first kappa shape index (κ1) is 59.3. The molecule has 8 heteroatoms. The first-order chi connectivity index (χ1) is 37.7. The van der Waals surface area contributed by atoms with Crippen molar-refractivity contribution in [3.8, 4) is 46.0 Å². The fourth-order valence-electron chi connectivity index (χ4n) is 12.0. The maximum Gasteiger partial charge on any atom is 0.611 e. The number of hydrogen-bond donors (Lipinski definition) is 4. The zero-order valence-electron chi connectivity index (χ0n) is 51.5. The van der Waals surface area contributed by atoms with Crippen molar-refractivity contribution in [2.45, 2.75) is 166 Å². The minimum Gasteiger partial charge on any atom is -0.507 e. The summed E-state index contributed by atoms with van der Waals surface area (Å²) in [5.74, 6) is 2.90. The Labute approximate surface area is 482 Å². The largest absolute Gasteiger partial charge is 0.611 e. The van der Waals surface area contributed by atoms with Crippen LogP contribution in [-0.4, -0.2) is 26.6 Å². The molecule has 0 aromatic heterocycles. The lowest BCUT2D eigenvalue weighted by Gasteiger charge is -2.34. The van der Waals surface area contributed by atoms with Crippen LogP contribution in [0.25, 0.3) is 0 Å². The summed E-state index contributed by atoms with van der Waals surface area (Å²) in [7, 11) is 0. The number of phenolic OH excluding ortho intramolecular Hbond substituents is 4. The SMILES string of the molecule is Cc1cc(C(C)(C)c2ccc(OC(Oc3ccc(C(C)(C)c4cc(C)c(O)c(C)c4C)cc3)(Oc3ccc(C(C)(C)c4cc(C)c(O)c(C)c4C)cc3)Oc3ccc(C(C)(C)c4cc(C)c(O)c(C)c4C)cc3)cc2)c(C)c(C)c1O. The first-order valence-electron chi connectivity index (χ1n) is 28.1. The van der Waals surface area contributed by atoms with Gasteiger partial charge in [-0.2, -0.15) is 0 Å². The molecule has 8 aromatic carbocycles. The third-order valence-corrected chi connectivity index (χ3v) is 18.2. The second-order valence-corrected chi connectivity index (χ2v) is 24.9. The molecule has 0 radical (unpaired) electrons. The fraction of sp³-hybridized carbons (Fsp3) is 0.342. The van der Waals surface area contributed by atoms with E-state index < -0.39 is 27.8 Å². The van der Waals surface area contributed by atoms with Gasteiger partial charge in [-0.15, -0.1) is 0 Å². The van der Waals surface area contributed by atoms with Crippen molar-refractivity contribution >= 4 is 0 Å². The summed E-state index contributed by atoms with van der Waals surface area (Å²) in [5, 5.41) is 43.3. The standard InChI is InChI=1S/C73H84O8/c1-41-37-61(45(5)49(9)65(41)74)69(13,14)53-21-29-57(30-22-53)78-73(79-58-31-23-54(24-32-58)70(15,16)62-38-42(2)66(75)50(10)46(62)6,80-59-33-25-55(26-34-59)71(17,18)63-39-43(3)67(76)51(11)47(63)7)81-60-35-27-56(28-36-60)72(19,20)64-40-44(4)68(77)52(12)48(64)8/h21-40,74-77H,1-20H3. The van der Waals surface area contributed by atoms with Crippen LogP contribution < -0.4 is 18.9 Å². The monoisotopic (exact) mass is 1090 g/mol. The highest BCUT2D eigenvalue weighted by atomic mass is 17.0. The van der Waals surface area contributed by atoms with Gasteiger partial charge in [-0.25, -0.2) is 0 Å². The minimum atomic E-state index is -2.28. The molecule has 0 aliphatic carbocycles. The van der Waals surface area contributed by atoms with Gasteiger partial charge in [0.1, 0.15) is 46.0 Å². The Bertz CT molecular complexity index is 3180. The van der Waals surface area contributed by atoms with E-state index in [1.165, 1.54) is 0 Å². The molecule has 0 spiro atoms. The summed E-state index contributed by atoms with van der Waals surface area (Å²) in [6.07, 6.45) is -2.28. The van der Waals surface area contributed by atoms with Crippen molar-refractivity contribution in [1.29, 1.82) is 0 Å². The van der Waals surface area contributed by atoms with Crippen LogP contribution in [0.15, 0.2) is 121 Å². The number of hydrogen-bond acceptors (Lipinski definition) is 8. The van der Waals surface area contributed by atoms with Gasteiger partial charge < -0.3 is 39.4 Å². The third kappa shape index (κ3) is 10.9. The summed E-state index contributed by atoms with van der Waals surface area (Å²) in [4.78, 5) is 0. The van der Waals surface area contributed by atoms with E-state index in [1.54, 1.807) is 0 Å². The molecule has 4 N–H and O–H groups in total. The number of ether oxygens (including phenoxy) is 4. The molecule has 0 heterocycles. The van der Waals surface area contributed by atoms with Crippen molar-refractivity contribution in [2.75, 3.05) is 0 Å². The van der Waals surface area contributed by atoms with E-state index in [0.717, 1.165) is 111 Å². The van der Waals surface area contributed by atoms with Gasteiger partial charge in [0, 0.05) is 21.7 Å². The second-order valence-electron chi connectivity index (χ2n) is 24.9. The fourth-order valence-corrected chi connectivity index (χ4v) is 12.0. The molecule has 81 heavy (non-hydrogen) atoms. The highest BCUT2D eigenvalue weighted by molar-refractivity contribution is 5.58. The molecule has 0 amide bonds. The molecule has 0 bridgehead atoms. The predicted molar refractivity (Wildman–Crippen MR) is 329 cm³/mol. The molecule has 0 fully saturated rings. The summed E-state index contributed by atoms with van der Waals surface area (Å²) in [6.45, 7) is 41.3. The van der Waals surface area contributed by atoms with Crippen LogP contribution in [0.1, 0.15) is 167 Å². The molecular weight excluding hydrogens is 1000 g/mol. The van der Waals surface area contributed by atoms with Crippen molar-refractivity contribution in [3.63, 3.8) is 0 Å². The number of aryl methyl sites for hydroxylation is 4. The van der Waals surface area contributed by atoms with Crippen LogP contribution in [0.5, 0.6) is 46.0 Å². The van der Waals surface area contributed by atoms with E-state index in [4.69, 9.17) is 18.9 Å². The van der Waals surface area contributed by atoms with Gasteiger partial charge in [0.15, 0.2) is 0 Å². The highest BCUT2D eigenvalue weighted by Gasteiger charge is 2.45. The Balaban J connectivity index is 1.26. The summed E-state index contributed by atoms with van der Waals surface area (Å²) in [5.41, 5.74) is 17.6. The lowest BCUT2D eigenvalue weighted by Crippen LogP contribution is -2.53. The van der Waals surface area contributed by atoms with E-state index in [2.05, 4.69) is 107 Å². The number of aromatic hydroxyl groups is 4. The molecule has 0 saturated carbocycles. The van der Waals surface area contributed by atoms with Gasteiger partial charge in [0.2, 0.25) is 0 Å². The zero-order valence-corrected chi connectivity index (χ0v) is 51.5. The average molecular weight is 1090 g/mol. The average Bonchev–Trinajstić information content (AvgIpc) is 3.58. The van der Waals surface area contributed by atoms with Gasteiger partial charge in [-0.05, 0) is 243 Å². The van der Waals surface area contributed by atoms with E-state index in [1.807, 2.05) is 152 Å². The maximum absolute atomic E-state index is 10.8. The van der Waals surface area contributed by atoms with Crippen LogP contribution >= 0.6 is 0 Å². The smallest absolute Gasteiger partial charge is 0.507 e. The van der Waals surface area contributed by atoms with E-state index in [-0.39, 0.29) is 0 Å². The van der Waals surface area contributed by atoms with Crippen LogP contribution in [-0.2, 0) is 21.7 Å². The molecule has 0 saturated heterocycles. The number of benzene rings is 8.